The van der Waals surface area contributed by atoms with Gasteiger partial charge in [0.05, 0.1) is 28.4 Å². The zero-order valence-corrected chi connectivity index (χ0v) is 23.2. The molecule has 0 aromatic heterocycles. The van der Waals surface area contributed by atoms with Crippen LogP contribution in [-0.2, 0) is 11.2 Å². The van der Waals surface area contributed by atoms with E-state index in [2.05, 4.69) is 10.2 Å². The Morgan fingerprint density at radius 1 is 0.842 bits per heavy atom. The molecule has 1 fully saturated rings. The van der Waals surface area contributed by atoms with E-state index < -0.39 is 0 Å². The molecule has 0 spiro atoms. The first kappa shape index (κ1) is 29.3. The van der Waals surface area contributed by atoms with Crippen molar-refractivity contribution in [3.8, 4) is 23.0 Å². The highest BCUT2D eigenvalue weighted by Crippen LogP contribution is 2.38. The first-order chi connectivity index (χ1) is 18.5. The minimum atomic E-state index is -0.0277. The molecule has 1 aliphatic rings. The summed E-state index contributed by atoms with van der Waals surface area (Å²) in [7, 11) is 6.41. The summed E-state index contributed by atoms with van der Waals surface area (Å²) in [5.41, 5.74) is 1.71. The highest BCUT2D eigenvalue weighted by molar-refractivity contribution is 5.96. The van der Waals surface area contributed by atoms with Crippen molar-refractivity contribution in [3.63, 3.8) is 0 Å². The molecule has 1 saturated heterocycles. The van der Waals surface area contributed by atoms with Crippen molar-refractivity contribution in [2.45, 2.75) is 57.4 Å². The minimum Gasteiger partial charge on any atom is -0.497 e. The quantitative estimate of drug-likeness (QED) is 0.251. The Morgan fingerprint density at radius 2 is 1.47 bits per heavy atom. The van der Waals surface area contributed by atoms with Crippen LogP contribution in [0.25, 0.3) is 0 Å². The fraction of sp³-hybridized carbons (Fsp3) is 0.533. The number of carbonyl (C=O) groups is 2. The molecule has 208 valence electrons. The number of methoxy groups -OCH3 is 4. The normalized spacial score (nSPS) is 14.1. The number of hydrogen-bond acceptors (Lipinski definition) is 7. The van der Waals surface area contributed by atoms with E-state index in [1.165, 1.54) is 12.8 Å². The van der Waals surface area contributed by atoms with Gasteiger partial charge in [-0.15, -0.1) is 0 Å². The lowest BCUT2D eigenvalue weighted by Gasteiger charge is -2.25. The average molecular weight is 527 g/mol. The fourth-order valence-electron chi connectivity index (χ4n) is 4.94. The van der Waals surface area contributed by atoms with Gasteiger partial charge in [-0.1, -0.05) is 6.42 Å². The number of nitrogens with zero attached hydrogens (tertiary/aromatic N) is 1. The van der Waals surface area contributed by atoms with Gasteiger partial charge in [0.2, 0.25) is 11.7 Å². The Labute approximate surface area is 226 Å². The van der Waals surface area contributed by atoms with Crippen LogP contribution in [0.15, 0.2) is 36.4 Å². The van der Waals surface area contributed by atoms with Crippen LogP contribution in [0.2, 0.25) is 0 Å². The summed E-state index contributed by atoms with van der Waals surface area (Å²) in [6.45, 7) is 2.92. The number of hydrogen-bond donors (Lipinski definition) is 1. The Kier molecular flexibility index (Phi) is 11.7. The smallest absolute Gasteiger partial charge is 0.220 e. The topological polar surface area (TPSA) is 86.3 Å². The summed E-state index contributed by atoms with van der Waals surface area (Å²) in [6.07, 6.45) is 6.33. The summed E-state index contributed by atoms with van der Waals surface area (Å²) in [4.78, 5) is 27.7. The first-order valence-electron chi connectivity index (χ1n) is 13.4. The molecule has 2 aromatic carbocycles. The number of ketones is 1. The maximum Gasteiger partial charge on any atom is 0.220 e. The number of benzene rings is 2. The number of ether oxygens (including phenoxy) is 4. The summed E-state index contributed by atoms with van der Waals surface area (Å²) in [5.74, 6) is 2.68. The molecule has 0 bridgehead atoms. The molecule has 1 amide bonds. The van der Waals surface area contributed by atoms with Gasteiger partial charge in [-0.2, -0.15) is 0 Å². The predicted octanol–water partition coefficient (Wildman–Crippen LogP) is 4.68. The lowest BCUT2D eigenvalue weighted by Crippen LogP contribution is -2.44. The van der Waals surface area contributed by atoms with E-state index >= 15 is 0 Å². The Balaban J connectivity index is 1.51. The monoisotopic (exact) mass is 526 g/mol. The van der Waals surface area contributed by atoms with E-state index in [-0.39, 0.29) is 17.7 Å². The summed E-state index contributed by atoms with van der Waals surface area (Å²) < 4.78 is 21.6. The molecule has 1 atom stereocenters. The van der Waals surface area contributed by atoms with E-state index in [1.54, 1.807) is 52.7 Å². The Morgan fingerprint density at radius 3 is 2.05 bits per heavy atom. The lowest BCUT2D eigenvalue weighted by atomic mass is 10.0. The van der Waals surface area contributed by atoms with Gasteiger partial charge in [0.1, 0.15) is 5.75 Å². The van der Waals surface area contributed by atoms with Gasteiger partial charge in [0, 0.05) is 31.0 Å². The second-order valence-electron chi connectivity index (χ2n) is 9.72. The van der Waals surface area contributed by atoms with Crippen molar-refractivity contribution in [2.24, 2.45) is 0 Å². The van der Waals surface area contributed by atoms with Crippen molar-refractivity contribution >= 4 is 11.7 Å². The van der Waals surface area contributed by atoms with E-state index in [0.29, 0.717) is 42.1 Å². The molecular formula is C30H42N2O6. The second-order valence-corrected chi connectivity index (χ2v) is 9.72. The van der Waals surface area contributed by atoms with Crippen molar-refractivity contribution in [2.75, 3.05) is 48.1 Å². The first-order valence-corrected chi connectivity index (χ1v) is 13.4. The molecule has 8 nitrogen and oxygen atoms in total. The molecule has 1 unspecified atom stereocenters. The number of unbranched alkanes of at least 4 members (excludes halogenated alkanes) is 2. The SMILES string of the molecule is COc1ccc(C(=O)CCCCCC(=O)NC(Cc2cc(OC)c(OC)c(OC)c2)CN2CCCC2)cc1. The highest BCUT2D eigenvalue weighted by Gasteiger charge is 2.21. The third-order valence-corrected chi connectivity index (χ3v) is 6.97. The minimum absolute atomic E-state index is 0.0277. The molecule has 1 heterocycles. The van der Waals surface area contributed by atoms with Gasteiger partial charge >= 0.3 is 0 Å². The number of Topliss-reactive ketones (excluding diaryl/α,β-unsaturated/α-hetero) is 1. The zero-order valence-electron chi connectivity index (χ0n) is 23.2. The highest BCUT2D eigenvalue weighted by atomic mass is 16.5. The average Bonchev–Trinajstić information content (AvgIpc) is 3.45. The van der Waals surface area contributed by atoms with E-state index in [1.807, 2.05) is 12.1 Å². The van der Waals surface area contributed by atoms with Crippen LogP contribution in [-0.4, -0.2) is 70.7 Å². The lowest BCUT2D eigenvalue weighted by molar-refractivity contribution is -0.122. The van der Waals surface area contributed by atoms with Gasteiger partial charge in [-0.05, 0) is 87.2 Å². The van der Waals surface area contributed by atoms with Gasteiger partial charge < -0.3 is 29.2 Å². The fourth-order valence-corrected chi connectivity index (χ4v) is 4.94. The molecule has 0 saturated carbocycles. The van der Waals surface area contributed by atoms with Crippen LogP contribution in [0.5, 0.6) is 23.0 Å². The molecule has 0 aliphatic carbocycles. The van der Waals surface area contributed by atoms with Crippen LogP contribution < -0.4 is 24.3 Å². The number of amides is 1. The van der Waals surface area contributed by atoms with Crippen molar-refractivity contribution in [3.05, 3.63) is 47.5 Å². The number of carbonyl (C=O) groups excluding carboxylic acids is 2. The van der Waals surface area contributed by atoms with Gasteiger partial charge in [-0.25, -0.2) is 0 Å². The number of likely N-dealkylation sites (tertiary alicyclic amines) is 1. The van der Waals surface area contributed by atoms with Crippen molar-refractivity contribution in [1.82, 2.24) is 10.2 Å². The summed E-state index contributed by atoms with van der Waals surface area (Å²) in [5, 5.41) is 3.26. The molecule has 38 heavy (non-hydrogen) atoms. The maximum absolute atomic E-state index is 12.9. The van der Waals surface area contributed by atoms with Gasteiger partial charge in [-0.3, -0.25) is 9.59 Å². The molecule has 8 heteroatoms. The molecule has 2 aromatic rings. The number of nitrogens with one attached hydrogen (secondary N) is 1. The van der Waals surface area contributed by atoms with Crippen LogP contribution in [0.4, 0.5) is 0 Å². The second kappa shape index (κ2) is 15.2. The van der Waals surface area contributed by atoms with Gasteiger partial charge in [0.15, 0.2) is 17.3 Å². The molecule has 0 radical (unpaired) electrons. The van der Waals surface area contributed by atoms with Crippen molar-refractivity contribution in [1.29, 1.82) is 0 Å². The maximum atomic E-state index is 12.9. The van der Waals surface area contributed by atoms with E-state index in [9.17, 15) is 9.59 Å². The van der Waals surface area contributed by atoms with Crippen LogP contribution in [0.3, 0.4) is 0 Å². The Bertz CT molecular complexity index is 1010. The van der Waals surface area contributed by atoms with Crippen LogP contribution >= 0.6 is 0 Å². The summed E-state index contributed by atoms with van der Waals surface area (Å²) >= 11 is 0. The van der Waals surface area contributed by atoms with E-state index in [0.717, 1.165) is 50.2 Å². The molecule has 1 aliphatic heterocycles. The summed E-state index contributed by atoms with van der Waals surface area (Å²) in [6, 6.07) is 11.1. The van der Waals surface area contributed by atoms with Gasteiger partial charge in [0.25, 0.3) is 0 Å². The molecule has 3 rings (SSSR count). The predicted molar refractivity (Wildman–Crippen MR) is 148 cm³/mol. The standard InChI is InChI=1S/C30H42N2O6/c1-35-25-14-12-23(13-15-25)26(33)10-6-5-7-11-29(34)31-24(21-32-16-8-9-17-32)18-22-19-27(36-2)30(38-4)28(20-22)37-3/h12-15,19-20,24H,5-11,16-18,21H2,1-4H3,(H,31,34). The Hall–Kier alpha value is -3.26. The van der Waals surface area contributed by atoms with E-state index in [4.69, 9.17) is 18.9 Å². The third kappa shape index (κ3) is 8.65. The van der Waals surface area contributed by atoms with Crippen LogP contribution in [0, 0.1) is 0 Å². The number of rotatable bonds is 16. The largest absolute Gasteiger partial charge is 0.497 e. The zero-order chi connectivity index (χ0) is 27.3. The van der Waals surface area contributed by atoms with Crippen molar-refractivity contribution < 1.29 is 28.5 Å². The van der Waals surface area contributed by atoms with Crippen LogP contribution in [0.1, 0.15) is 60.9 Å². The molecule has 1 N–H and O–H groups in total. The molecular weight excluding hydrogens is 484 g/mol. The third-order valence-electron chi connectivity index (χ3n) is 6.97.